The van der Waals surface area contributed by atoms with Crippen LogP contribution in [0.3, 0.4) is 0 Å². The molecule has 1 fully saturated rings. The molecule has 2 aliphatic heterocycles. The zero-order chi connectivity index (χ0) is 17.2. The lowest BCUT2D eigenvalue weighted by Gasteiger charge is -2.38. The van der Waals surface area contributed by atoms with E-state index in [0.717, 1.165) is 18.1 Å². The van der Waals surface area contributed by atoms with Gasteiger partial charge in [0.1, 0.15) is 0 Å². The zero-order valence-corrected chi connectivity index (χ0v) is 15.2. The van der Waals surface area contributed by atoms with Crippen molar-refractivity contribution in [2.24, 2.45) is 0 Å². The molecular formula is C20H23ClN4. The maximum atomic E-state index is 6.08. The molecule has 1 unspecified atom stereocenters. The maximum absolute atomic E-state index is 6.08. The molecule has 5 heteroatoms. The minimum atomic E-state index is 0.192. The number of pyridine rings is 1. The van der Waals surface area contributed by atoms with Crippen LogP contribution in [-0.4, -0.2) is 41.1 Å². The molecule has 2 aliphatic rings. The van der Waals surface area contributed by atoms with Crippen LogP contribution in [-0.2, 0) is 0 Å². The number of nitrogens with one attached hydrogen (secondary N) is 1. The Balaban J connectivity index is 1.66. The van der Waals surface area contributed by atoms with E-state index in [1.165, 1.54) is 29.5 Å². The molecule has 0 bridgehead atoms. The molecule has 4 nitrogen and oxygen atoms in total. The Morgan fingerprint density at radius 1 is 1.04 bits per heavy atom. The van der Waals surface area contributed by atoms with E-state index in [1.54, 1.807) is 0 Å². The minimum Gasteiger partial charge on any atom is -0.325 e. The lowest BCUT2D eigenvalue weighted by atomic mass is 9.92. The predicted octanol–water partition coefficient (Wildman–Crippen LogP) is 3.73. The van der Waals surface area contributed by atoms with Crippen molar-refractivity contribution >= 4 is 17.2 Å². The third kappa shape index (κ3) is 3.43. The summed E-state index contributed by atoms with van der Waals surface area (Å²) in [7, 11) is 2.20. The molecule has 3 heterocycles. The van der Waals surface area contributed by atoms with E-state index in [0.29, 0.717) is 6.04 Å². The average Bonchev–Trinajstić information content (AvgIpc) is 3.09. The quantitative estimate of drug-likeness (QED) is 0.910. The number of nitrogens with zero attached hydrogens (tertiary/aromatic N) is 3. The number of hydrazine groups is 1. The van der Waals surface area contributed by atoms with Crippen LogP contribution in [0.15, 0.2) is 55.0 Å². The molecule has 25 heavy (non-hydrogen) atoms. The van der Waals surface area contributed by atoms with Crippen molar-refractivity contribution < 1.29 is 0 Å². The molecule has 0 amide bonds. The number of piperidine rings is 1. The van der Waals surface area contributed by atoms with Gasteiger partial charge < -0.3 is 10.3 Å². The SMILES string of the molecule is CN1CCC(N2NC=C(c3ccc(Cl)cc3)C2c2ccncc2)CC1. The molecule has 1 N–H and O–H groups in total. The number of likely N-dealkylation sites (tertiary alicyclic amines) is 1. The van der Waals surface area contributed by atoms with Crippen molar-refractivity contribution in [2.45, 2.75) is 24.9 Å². The smallest absolute Gasteiger partial charge is 0.0814 e. The first kappa shape index (κ1) is 16.6. The maximum Gasteiger partial charge on any atom is 0.0814 e. The van der Waals surface area contributed by atoms with Crippen molar-refractivity contribution in [3.8, 4) is 0 Å². The van der Waals surface area contributed by atoms with Gasteiger partial charge in [-0.25, -0.2) is 5.01 Å². The van der Waals surface area contributed by atoms with Crippen LogP contribution in [0.25, 0.3) is 5.57 Å². The number of hydrogen-bond donors (Lipinski definition) is 1. The lowest BCUT2D eigenvalue weighted by molar-refractivity contribution is 0.0797. The van der Waals surface area contributed by atoms with Crippen LogP contribution in [0.5, 0.6) is 0 Å². The lowest BCUT2D eigenvalue weighted by Crippen LogP contribution is -2.47. The van der Waals surface area contributed by atoms with Gasteiger partial charge in [0.05, 0.1) is 6.04 Å². The molecule has 130 valence electrons. The Hall–Kier alpha value is -1.88. The topological polar surface area (TPSA) is 31.4 Å². The average molecular weight is 355 g/mol. The van der Waals surface area contributed by atoms with E-state index in [-0.39, 0.29) is 6.04 Å². The summed E-state index contributed by atoms with van der Waals surface area (Å²) in [4.78, 5) is 6.60. The van der Waals surface area contributed by atoms with Gasteiger partial charge in [-0.2, -0.15) is 0 Å². The Kier molecular flexibility index (Phi) is 4.75. The van der Waals surface area contributed by atoms with Crippen LogP contribution in [0.1, 0.15) is 30.0 Å². The fourth-order valence-electron chi connectivity index (χ4n) is 3.81. The number of aromatic nitrogens is 1. The molecule has 0 spiro atoms. The second-order valence-electron chi connectivity index (χ2n) is 6.86. The Morgan fingerprint density at radius 3 is 2.40 bits per heavy atom. The number of rotatable bonds is 3. The molecule has 0 radical (unpaired) electrons. The molecule has 1 saturated heterocycles. The second-order valence-corrected chi connectivity index (χ2v) is 7.30. The summed E-state index contributed by atoms with van der Waals surface area (Å²) >= 11 is 6.08. The van der Waals surface area contributed by atoms with E-state index < -0.39 is 0 Å². The summed E-state index contributed by atoms with van der Waals surface area (Å²) in [5.74, 6) is 0. The highest BCUT2D eigenvalue weighted by molar-refractivity contribution is 6.30. The highest BCUT2D eigenvalue weighted by atomic mass is 35.5. The normalized spacial score (nSPS) is 22.6. The summed E-state index contributed by atoms with van der Waals surface area (Å²) in [6, 6.07) is 13.1. The van der Waals surface area contributed by atoms with Gasteiger partial charge in [0, 0.05) is 29.7 Å². The summed E-state index contributed by atoms with van der Waals surface area (Å²) < 4.78 is 0. The van der Waals surface area contributed by atoms with E-state index in [4.69, 9.17) is 11.6 Å². The van der Waals surface area contributed by atoms with E-state index in [2.05, 4.69) is 57.8 Å². The minimum absolute atomic E-state index is 0.192. The van der Waals surface area contributed by atoms with Crippen molar-refractivity contribution in [1.82, 2.24) is 20.3 Å². The summed E-state index contributed by atoms with van der Waals surface area (Å²) in [6.45, 7) is 2.28. The van der Waals surface area contributed by atoms with Crippen LogP contribution < -0.4 is 5.43 Å². The molecule has 4 rings (SSSR count). The van der Waals surface area contributed by atoms with E-state index >= 15 is 0 Å². The fraction of sp³-hybridized carbons (Fsp3) is 0.350. The Bertz CT molecular complexity index is 736. The molecule has 1 atom stereocenters. The van der Waals surface area contributed by atoms with Crippen molar-refractivity contribution in [1.29, 1.82) is 0 Å². The standard InChI is InChI=1S/C20H23ClN4/c1-24-12-8-18(9-13-24)25-20(16-6-10-22-11-7-16)19(14-23-25)15-2-4-17(21)5-3-15/h2-7,10-11,14,18,20,23H,8-9,12-13H2,1H3. The molecule has 0 saturated carbocycles. The number of hydrogen-bond acceptors (Lipinski definition) is 4. The number of benzene rings is 1. The predicted molar refractivity (Wildman–Crippen MR) is 102 cm³/mol. The Labute approximate surface area is 154 Å². The van der Waals surface area contributed by atoms with E-state index in [1.807, 2.05) is 24.5 Å². The summed E-state index contributed by atoms with van der Waals surface area (Å²) in [5.41, 5.74) is 7.30. The summed E-state index contributed by atoms with van der Waals surface area (Å²) in [5, 5.41) is 3.19. The third-order valence-corrected chi connectivity index (χ3v) is 5.47. The van der Waals surface area contributed by atoms with Gasteiger partial charge in [0.2, 0.25) is 0 Å². The highest BCUT2D eigenvalue weighted by Crippen LogP contribution is 2.40. The summed E-state index contributed by atoms with van der Waals surface area (Å²) in [6.07, 6.45) is 8.24. The fourth-order valence-corrected chi connectivity index (χ4v) is 3.93. The first-order valence-electron chi connectivity index (χ1n) is 8.81. The van der Waals surface area contributed by atoms with E-state index in [9.17, 15) is 0 Å². The van der Waals surface area contributed by atoms with Crippen LogP contribution in [0, 0.1) is 0 Å². The number of halogens is 1. The van der Waals surface area contributed by atoms with Crippen LogP contribution >= 0.6 is 11.6 Å². The van der Waals surface area contributed by atoms with Crippen molar-refractivity contribution in [3.63, 3.8) is 0 Å². The van der Waals surface area contributed by atoms with Gasteiger partial charge in [-0.05, 0) is 73.9 Å². The monoisotopic (exact) mass is 354 g/mol. The molecule has 0 aliphatic carbocycles. The van der Waals surface area contributed by atoms with Crippen LogP contribution in [0.4, 0.5) is 0 Å². The van der Waals surface area contributed by atoms with Gasteiger partial charge in [-0.15, -0.1) is 0 Å². The molecule has 2 aromatic rings. The van der Waals surface area contributed by atoms with Gasteiger partial charge >= 0.3 is 0 Å². The van der Waals surface area contributed by atoms with Gasteiger partial charge in [-0.1, -0.05) is 23.7 Å². The van der Waals surface area contributed by atoms with Crippen LogP contribution in [0.2, 0.25) is 5.02 Å². The second kappa shape index (κ2) is 7.16. The highest BCUT2D eigenvalue weighted by Gasteiger charge is 2.35. The first-order valence-corrected chi connectivity index (χ1v) is 9.19. The largest absolute Gasteiger partial charge is 0.325 e. The Morgan fingerprint density at radius 2 is 1.72 bits per heavy atom. The molecule has 1 aromatic carbocycles. The third-order valence-electron chi connectivity index (χ3n) is 5.22. The van der Waals surface area contributed by atoms with Gasteiger partial charge in [0.25, 0.3) is 0 Å². The van der Waals surface area contributed by atoms with Gasteiger partial charge in [0.15, 0.2) is 0 Å². The first-order chi connectivity index (χ1) is 12.2. The zero-order valence-electron chi connectivity index (χ0n) is 14.4. The van der Waals surface area contributed by atoms with Crippen molar-refractivity contribution in [2.75, 3.05) is 20.1 Å². The van der Waals surface area contributed by atoms with Crippen molar-refractivity contribution in [3.05, 3.63) is 71.1 Å². The molecular weight excluding hydrogens is 332 g/mol. The van der Waals surface area contributed by atoms with Gasteiger partial charge in [-0.3, -0.25) is 4.98 Å². The molecule has 1 aromatic heterocycles.